The summed E-state index contributed by atoms with van der Waals surface area (Å²) in [6.45, 7) is 1.63. The van der Waals surface area contributed by atoms with E-state index in [0.717, 1.165) is 37.1 Å². The number of rotatable bonds is 4. The Bertz CT molecular complexity index is 1330. The zero-order valence-electron chi connectivity index (χ0n) is 18.2. The van der Waals surface area contributed by atoms with Crippen LogP contribution in [0.15, 0.2) is 71.1 Å². The number of carbonyl (C=O) groups excluding carboxylic acids is 2. The number of likely N-dealkylation sites (tertiary alicyclic amines) is 1. The molecule has 0 spiro atoms. The van der Waals surface area contributed by atoms with Crippen molar-refractivity contribution in [1.82, 2.24) is 10.2 Å². The predicted octanol–water partition coefficient (Wildman–Crippen LogP) is 5.50. The minimum atomic E-state index is -0.356. The summed E-state index contributed by atoms with van der Waals surface area (Å²) < 4.78 is 19.4. The van der Waals surface area contributed by atoms with E-state index in [2.05, 4.69) is 5.32 Å². The molecule has 0 bridgehead atoms. The number of hydrogen-bond donors (Lipinski definition) is 1. The summed E-state index contributed by atoms with van der Waals surface area (Å²) in [6, 6.07) is 19.1. The number of fused-ring (bicyclic) bond motifs is 1. The molecule has 0 atom stereocenters. The average Bonchev–Trinajstić information content (AvgIpc) is 3.52. The van der Waals surface area contributed by atoms with Gasteiger partial charge in [-0.3, -0.25) is 9.59 Å². The van der Waals surface area contributed by atoms with Gasteiger partial charge in [-0.1, -0.05) is 18.2 Å². The van der Waals surface area contributed by atoms with Crippen molar-refractivity contribution >= 4 is 22.8 Å². The van der Waals surface area contributed by atoms with Crippen LogP contribution in [0.1, 0.15) is 33.6 Å². The third-order valence-corrected chi connectivity index (χ3v) is 6.11. The van der Waals surface area contributed by atoms with Gasteiger partial charge in [-0.25, -0.2) is 4.39 Å². The lowest BCUT2D eigenvalue weighted by molar-refractivity contribution is 0.0792. The largest absolute Gasteiger partial charge is 0.455 e. The molecular formula is C27H23FN2O3. The molecule has 1 aliphatic heterocycles. The van der Waals surface area contributed by atoms with Crippen LogP contribution >= 0.6 is 0 Å². The van der Waals surface area contributed by atoms with E-state index in [0.29, 0.717) is 33.4 Å². The standard InChI is InChI=1S/C27H23FN2O3/c1-29-26(31)24-22-16-20(10-13-23(22)33-25(24)18-8-11-21(28)12-9-18)17-4-6-19(7-5-17)27(32)30-14-2-3-15-30/h4-13,16H,2-3,14-15H2,1H3,(H,29,31). The summed E-state index contributed by atoms with van der Waals surface area (Å²) in [5.74, 6) is -0.176. The van der Waals surface area contributed by atoms with Gasteiger partial charge >= 0.3 is 0 Å². The number of hydrogen-bond acceptors (Lipinski definition) is 3. The molecule has 33 heavy (non-hydrogen) atoms. The Morgan fingerprint density at radius 3 is 2.18 bits per heavy atom. The number of halogens is 1. The Morgan fingerprint density at radius 2 is 1.52 bits per heavy atom. The highest BCUT2D eigenvalue weighted by molar-refractivity contribution is 6.11. The van der Waals surface area contributed by atoms with Gasteiger partial charge in [0.05, 0.1) is 5.56 Å². The third-order valence-electron chi connectivity index (χ3n) is 6.11. The van der Waals surface area contributed by atoms with Gasteiger partial charge in [0, 0.05) is 36.7 Å². The Balaban J connectivity index is 1.54. The highest BCUT2D eigenvalue weighted by Crippen LogP contribution is 2.36. The van der Waals surface area contributed by atoms with Crippen molar-refractivity contribution in [3.63, 3.8) is 0 Å². The molecule has 3 aromatic carbocycles. The van der Waals surface area contributed by atoms with E-state index >= 15 is 0 Å². The molecule has 5 nitrogen and oxygen atoms in total. The first kappa shape index (κ1) is 20.9. The van der Waals surface area contributed by atoms with Crippen molar-refractivity contribution < 1.29 is 18.4 Å². The second-order valence-corrected chi connectivity index (χ2v) is 8.18. The average molecular weight is 442 g/mol. The van der Waals surface area contributed by atoms with Crippen LogP contribution in [0.4, 0.5) is 4.39 Å². The maximum absolute atomic E-state index is 13.4. The fraction of sp³-hybridized carbons (Fsp3) is 0.185. The fourth-order valence-corrected chi connectivity index (χ4v) is 4.34. The maximum atomic E-state index is 13.4. The van der Waals surface area contributed by atoms with Gasteiger partial charge in [0.15, 0.2) is 0 Å². The monoisotopic (exact) mass is 442 g/mol. The summed E-state index contributed by atoms with van der Waals surface area (Å²) in [4.78, 5) is 27.3. The quantitative estimate of drug-likeness (QED) is 0.454. The molecule has 0 saturated carbocycles. The molecule has 6 heteroatoms. The SMILES string of the molecule is CNC(=O)c1c(-c2ccc(F)cc2)oc2ccc(-c3ccc(C(=O)N4CCCC4)cc3)cc12. The number of nitrogens with zero attached hydrogens (tertiary/aromatic N) is 1. The molecule has 5 rings (SSSR count). The first-order valence-electron chi connectivity index (χ1n) is 11.0. The molecular weight excluding hydrogens is 419 g/mol. The van der Waals surface area contributed by atoms with Gasteiger partial charge in [-0.2, -0.15) is 0 Å². The first-order valence-corrected chi connectivity index (χ1v) is 11.0. The zero-order valence-corrected chi connectivity index (χ0v) is 18.2. The summed E-state index contributed by atoms with van der Waals surface area (Å²) in [7, 11) is 1.57. The molecule has 0 unspecified atom stereocenters. The molecule has 1 aliphatic rings. The molecule has 1 fully saturated rings. The highest BCUT2D eigenvalue weighted by atomic mass is 19.1. The first-order chi connectivity index (χ1) is 16.0. The van der Waals surface area contributed by atoms with Crippen LogP contribution in [0, 0.1) is 5.82 Å². The van der Waals surface area contributed by atoms with Crippen molar-refractivity contribution in [2.24, 2.45) is 0 Å². The van der Waals surface area contributed by atoms with E-state index in [4.69, 9.17) is 4.42 Å². The number of nitrogens with one attached hydrogen (secondary N) is 1. The van der Waals surface area contributed by atoms with Gasteiger partial charge in [0.2, 0.25) is 0 Å². The summed E-state index contributed by atoms with van der Waals surface area (Å²) in [5.41, 5.74) is 4.10. The van der Waals surface area contributed by atoms with Crippen molar-refractivity contribution in [2.75, 3.05) is 20.1 Å². The van der Waals surface area contributed by atoms with Gasteiger partial charge in [0.1, 0.15) is 17.2 Å². The van der Waals surface area contributed by atoms with Gasteiger partial charge in [-0.05, 0) is 72.5 Å². The Hall–Kier alpha value is -3.93. The van der Waals surface area contributed by atoms with Crippen LogP contribution in [-0.2, 0) is 0 Å². The van der Waals surface area contributed by atoms with E-state index in [1.54, 1.807) is 19.2 Å². The Morgan fingerprint density at radius 1 is 0.879 bits per heavy atom. The number of benzene rings is 3. The minimum absolute atomic E-state index is 0.0650. The van der Waals surface area contributed by atoms with Crippen molar-refractivity contribution in [2.45, 2.75) is 12.8 Å². The van der Waals surface area contributed by atoms with Gasteiger partial charge < -0.3 is 14.6 Å². The Kier molecular flexibility index (Phi) is 5.42. The Labute approximate surface area is 190 Å². The van der Waals surface area contributed by atoms with E-state index in [1.165, 1.54) is 12.1 Å². The fourth-order valence-electron chi connectivity index (χ4n) is 4.34. The van der Waals surface area contributed by atoms with Crippen LogP contribution in [0.25, 0.3) is 33.4 Å². The predicted molar refractivity (Wildman–Crippen MR) is 126 cm³/mol. The molecule has 0 radical (unpaired) electrons. The van der Waals surface area contributed by atoms with Crippen LogP contribution in [0.5, 0.6) is 0 Å². The van der Waals surface area contributed by atoms with Crippen LogP contribution in [0.2, 0.25) is 0 Å². The molecule has 2 heterocycles. The molecule has 1 aromatic heterocycles. The zero-order chi connectivity index (χ0) is 22.9. The minimum Gasteiger partial charge on any atom is -0.455 e. The van der Waals surface area contributed by atoms with E-state index < -0.39 is 0 Å². The summed E-state index contributed by atoms with van der Waals surface area (Å²) in [5, 5.41) is 3.34. The lowest BCUT2D eigenvalue weighted by Crippen LogP contribution is -2.27. The summed E-state index contributed by atoms with van der Waals surface area (Å²) >= 11 is 0. The third kappa shape index (κ3) is 3.89. The van der Waals surface area contributed by atoms with Crippen LogP contribution in [-0.4, -0.2) is 36.9 Å². The number of furan rings is 1. The van der Waals surface area contributed by atoms with E-state index in [9.17, 15) is 14.0 Å². The van der Waals surface area contributed by atoms with Crippen LogP contribution in [0.3, 0.4) is 0 Å². The van der Waals surface area contributed by atoms with Gasteiger partial charge in [0.25, 0.3) is 11.8 Å². The van der Waals surface area contributed by atoms with Crippen molar-refractivity contribution in [3.05, 3.63) is 83.7 Å². The van der Waals surface area contributed by atoms with E-state index in [1.807, 2.05) is 47.4 Å². The second-order valence-electron chi connectivity index (χ2n) is 8.18. The lowest BCUT2D eigenvalue weighted by atomic mass is 9.99. The molecule has 166 valence electrons. The van der Waals surface area contributed by atoms with Crippen LogP contribution < -0.4 is 5.32 Å². The van der Waals surface area contributed by atoms with Gasteiger partial charge in [-0.15, -0.1) is 0 Å². The lowest BCUT2D eigenvalue weighted by Gasteiger charge is -2.15. The molecule has 2 amide bonds. The van der Waals surface area contributed by atoms with Crippen molar-refractivity contribution in [3.8, 4) is 22.5 Å². The smallest absolute Gasteiger partial charge is 0.255 e. The maximum Gasteiger partial charge on any atom is 0.255 e. The number of amides is 2. The molecule has 1 saturated heterocycles. The molecule has 0 aliphatic carbocycles. The second kappa shape index (κ2) is 8.54. The van der Waals surface area contributed by atoms with E-state index in [-0.39, 0.29) is 17.6 Å². The normalized spacial score (nSPS) is 13.5. The molecule has 4 aromatic rings. The topological polar surface area (TPSA) is 62.6 Å². The van der Waals surface area contributed by atoms with Crippen molar-refractivity contribution in [1.29, 1.82) is 0 Å². The highest BCUT2D eigenvalue weighted by Gasteiger charge is 2.22. The molecule has 1 N–H and O–H groups in total. The summed E-state index contributed by atoms with van der Waals surface area (Å²) in [6.07, 6.45) is 2.12. The number of carbonyl (C=O) groups is 2.